The number of halogens is 1. The molecule has 1 spiro atoms. The quantitative estimate of drug-likeness (QED) is 0.536. The van der Waals surface area contributed by atoms with Gasteiger partial charge in [0.15, 0.2) is 5.82 Å². The van der Waals surface area contributed by atoms with Crippen LogP contribution in [-0.2, 0) is 9.59 Å². The standard InChI is InChI=1S/C18H27ClN6O2.CH2O2/c1-5-24-15(26)18(25(17(24)27)10-11(2)3)6-8-23(9-7-18)14-13(19)12(4)21-16(20)22-14;2-1-3/h11H,5-10H2,1-4H3,(H2,20,21,22);1H,(H,2,3). The van der Waals surface area contributed by atoms with E-state index in [1.807, 2.05) is 11.8 Å². The smallest absolute Gasteiger partial charge is 0.327 e. The number of anilines is 2. The predicted molar refractivity (Wildman–Crippen MR) is 113 cm³/mol. The lowest BCUT2D eigenvalue weighted by atomic mass is 9.85. The number of amides is 3. The molecular weight excluding hydrogens is 412 g/mol. The summed E-state index contributed by atoms with van der Waals surface area (Å²) in [4.78, 5) is 47.8. The molecule has 0 saturated carbocycles. The van der Waals surface area contributed by atoms with Gasteiger partial charge in [-0.05, 0) is 32.6 Å². The molecule has 0 bridgehead atoms. The Morgan fingerprint density at radius 3 is 2.33 bits per heavy atom. The maximum absolute atomic E-state index is 13.1. The SMILES string of the molecule is CCN1C(=O)N(CC(C)C)C2(CCN(c3nc(N)nc(C)c3Cl)CC2)C1=O.O=CO. The van der Waals surface area contributed by atoms with E-state index in [0.29, 0.717) is 55.6 Å². The van der Waals surface area contributed by atoms with Crippen molar-refractivity contribution in [2.75, 3.05) is 36.8 Å². The Labute approximate surface area is 181 Å². The molecule has 2 saturated heterocycles. The maximum atomic E-state index is 13.1. The molecule has 166 valence electrons. The molecule has 3 heterocycles. The molecule has 1 aromatic heterocycles. The number of aromatic nitrogens is 2. The fourth-order valence-corrected chi connectivity index (χ4v) is 4.23. The first-order valence-electron chi connectivity index (χ1n) is 9.88. The van der Waals surface area contributed by atoms with Gasteiger partial charge in [-0.1, -0.05) is 25.4 Å². The van der Waals surface area contributed by atoms with Crippen molar-refractivity contribution in [2.24, 2.45) is 5.92 Å². The first-order valence-corrected chi connectivity index (χ1v) is 10.3. The Kier molecular flexibility index (Phi) is 7.46. The second-order valence-electron chi connectivity index (χ2n) is 7.77. The largest absolute Gasteiger partial charge is 0.483 e. The molecule has 2 fully saturated rings. The minimum Gasteiger partial charge on any atom is -0.483 e. The van der Waals surface area contributed by atoms with Gasteiger partial charge in [0.25, 0.3) is 12.4 Å². The van der Waals surface area contributed by atoms with E-state index in [2.05, 4.69) is 23.8 Å². The van der Waals surface area contributed by atoms with Gasteiger partial charge < -0.3 is 20.6 Å². The van der Waals surface area contributed by atoms with Gasteiger partial charge in [0.05, 0.1) is 5.69 Å². The molecule has 3 rings (SSSR count). The fourth-order valence-electron chi connectivity index (χ4n) is 4.03. The van der Waals surface area contributed by atoms with Crippen LogP contribution in [-0.4, -0.2) is 75.0 Å². The van der Waals surface area contributed by atoms with Crippen LogP contribution >= 0.6 is 11.6 Å². The minimum atomic E-state index is -0.770. The molecule has 0 aromatic carbocycles. The summed E-state index contributed by atoms with van der Waals surface area (Å²) in [6, 6.07) is -0.176. The van der Waals surface area contributed by atoms with Crippen LogP contribution in [0, 0.1) is 12.8 Å². The number of likely N-dealkylation sites (N-methyl/N-ethyl adjacent to an activating group) is 1. The van der Waals surface area contributed by atoms with E-state index < -0.39 is 5.54 Å². The van der Waals surface area contributed by atoms with Gasteiger partial charge in [-0.3, -0.25) is 14.5 Å². The van der Waals surface area contributed by atoms with E-state index in [9.17, 15) is 9.59 Å². The molecule has 0 unspecified atom stereocenters. The number of urea groups is 1. The molecule has 3 amide bonds. The third kappa shape index (κ3) is 4.28. The van der Waals surface area contributed by atoms with Crippen LogP contribution in [0.4, 0.5) is 16.6 Å². The van der Waals surface area contributed by atoms with Crippen LogP contribution in [0.2, 0.25) is 5.02 Å². The van der Waals surface area contributed by atoms with Crippen molar-refractivity contribution < 1.29 is 19.5 Å². The Balaban J connectivity index is 0.00000101. The number of carbonyl (C=O) groups excluding carboxylic acids is 2. The lowest BCUT2D eigenvalue weighted by Crippen LogP contribution is -2.57. The summed E-state index contributed by atoms with van der Waals surface area (Å²) in [6.45, 7) is 9.60. The summed E-state index contributed by atoms with van der Waals surface area (Å²) in [5.74, 6) is 0.973. The van der Waals surface area contributed by atoms with Crippen molar-refractivity contribution in [3.8, 4) is 0 Å². The monoisotopic (exact) mass is 440 g/mol. The number of nitrogens with two attached hydrogens (primary N) is 1. The van der Waals surface area contributed by atoms with Crippen LogP contribution in [0.5, 0.6) is 0 Å². The number of nitrogen functional groups attached to an aromatic ring is 1. The van der Waals surface area contributed by atoms with Gasteiger partial charge >= 0.3 is 6.03 Å². The van der Waals surface area contributed by atoms with Crippen LogP contribution in [0.25, 0.3) is 0 Å². The highest BCUT2D eigenvalue weighted by Gasteiger charge is 2.57. The molecule has 3 N–H and O–H groups in total. The van der Waals surface area contributed by atoms with Gasteiger partial charge in [-0.15, -0.1) is 0 Å². The second-order valence-corrected chi connectivity index (χ2v) is 8.14. The lowest BCUT2D eigenvalue weighted by molar-refractivity contribution is -0.134. The number of carbonyl (C=O) groups is 3. The third-order valence-electron chi connectivity index (χ3n) is 5.39. The minimum absolute atomic E-state index is 0.0835. The molecule has 0 radical (unpaired) electrons. The van der Waals surface area contributed by atoms with Gasteiger partial charge in [-0.25, -0.2) is 9.78 Å². The Morgan fingerprint density at radius 2 is 1.83 bits per heavy atom. The highest BCUT2D eigenvalue weighted by molar-refractivity contribution is 6.33. The fraction of sp³-hybridized carbons (Fsp3) is 0.632. The number of carboxylic acid groups (broad SMARTS) is 1. The van der Waals surface area contributed by atoms with E-state index in [-0.39, 0.29) is 30.3 Å². The van der Waals surface area contributed by atoms with Gasteiger partial charge in [0.1, 0.15) is 10.6 Å². The number of imide groups is 1. The van der Waals surface area contributed by atoms with Crippen LogP contribution in [0.3, 0.4) is 0 Å². The van der Waals surface area contributed by atoms with Crippen molar-refractivity contribution in [1.82, 2.24) is 19.8 Å². The number of piperidine rings is 1. The molecule has 2 aliphatic rings. The first kappa shape index (κ1) is 23.7. The van der Waals surface area contributed by atoms with Gasteiger partial charge in [0, 0.05) is 26.2 Å². The average Bonchev–Trinajstić information content (AvgIpc) is 2.87. The topological polar surface area (TPSA) is 133 Å². The zero-order valence-corrected chi connectivity index (χ0v) is 18.5. The zero-order valence-electron chi connectivity index (χ0n) is 17.8. The number of rotatable bonds is 4. The number of hydrogen-bond acceptors (Lipinski definition) is 7. The van der Waals surface area contributed by atoms with E-state index in [1.54, 1.807) is 11.8 Å². The van der Waals surface area contributed by atoms with Crippen molar-refractivity contribution in [2.45, 2.75) is 46.1 Å². The third-order valence-corrected chi connectivity index (χ3v) is 5.84. The molecule has 30 heavy (non-hydrogen) atoms. The van der Waals surface area contributed by atoms with Crippen molar-refractivity contribution in [3.05, 3.63) is 10.7 Å². The molecule has 1 aromatic rings. The molecule has 11 heteroatoms. The van der Waals surface area contributed by atoms with E-state index in [4.69, 9.17) is 27.2 Å². The maximum Gasteiger partial charge on any atom is 0.327 e. The van der Waals surface area contributed by atoms with Crippen molar-refractivity contribution in [3.63, 3.8) is 0 Å². The summed E-state index contributed by atoms with van der Waals surface area (Å²) >= 11 is 6.38. The van der Waals surface area contributed by atoms with Gasteiger partial charge in [-0.2, -0.15) is 4.98 Å². The summed E-state index contributed by atoms with van der Waals surface area (Å²) in [7, 11) is 0. The van der Waals surface area contributed by atoms with Crippen molar-refractivity contribution in [1.29, 1.82) is 0 Å². The normalized spacial score (nSPS) is 18.1. The highest BCUT2D eigenvalue weighted by atomic mass is 35.5. The number of nitrogens with zero attached hydrogens (tertiary/aromatic N) is 5. The zero-order chi connectivity index (χ0) is 22.6. The van der Waals surface area contributed by atoms with Crippen LogP contribution in [0.15, 0.2) is 0 Å². The Hall–Kier alpha value is -2.62. The predicted octanol–water partition coefficient (Wildman–Crippen LogP) is 2.00. The molecule has 0 atom stereocenters. The van der Waals surface area contributed by atoms with Crippen LogP contribution in [0.1, 0.15) is 39.3 Å². The number of aryl methyl sites for hydroxylation is 1. The van der Waals surface area contributed by atoms with E-state index in [1.165, 1.54) is 4.90 Å². The van der Waals surface area contributed by atoms with E-state index >= 15 is 0 Å². The first-order chi connectivity index (χ1) is 14.1. The molecular formula is C19H29ClN6O4. The summed E-state index contributed by atoms with van der Waals surface area (Å²) in [5.41, 5.74) is 5.64. The van der Waals surface area contributed by atoms with E-state index in [0.717, 1.165) is 0 Å². The lowest BCUT2D eigenvalue weighted by Gasteiger charge is -2.43. The Morgan fingerprint density at radius 1 is 1.27 bits per heavy atom. The second kappa shape index (κ2) is 9.46. The molecule has 10 nitrogen and oxygen atoms in total. The summed E-state index contributed by atoms with van der Waals surface area (Å²) in [5, 5.41) is 7.36. The van der Waals surface area contributed by atoms with Crippen LogP contribution < -0.4 is 10.6 Å². The molecule has 0 aliphatic carbocycles. The highest BCUT2D eigenvalue weighted by Crippen LogP contribution is 2.39. The average molecular weight is 441 g/mol. The van der Waals surface area contributed by atoms with Gasteiger partial charge in [0.2, 0.25) is 5.95 Å². The van der Waals surface area contributed by atoms with Crippen molar-refractivity contribution >= 4 is 41.8 Å². The summed E-state index contributed by atoms with van der Waals surface area (Å²) in [6.07, 6.45) is 1.08. The number of hydrogen-bond donors (Lipinski definition) is 2. The summed E-state index contributed by atoms with van der Waals surface area (Å²) < 4.78 is 0. The molecule has 2 aliphatic heterocycles. The Bertz CT molecular complexity index is 810.